The number of pyridine rings is 1. The van der Waals surface area contributed by atoms with Gasteiger partial charge in [-0.15, -0.1) is 5.10 Å². The molecule has 2 fully saturated rings. The van der Waals surface area contributed by atoms with Crippen molar-refractivity contribution >= 4 is 46.3 Å². The maximum Gasteiger partial charge on any atom is 0.404 e. The molecule has 0 spiro atoms. The van der Waals surface area contributed by atoms with Crippen molar-refractivity contribution in [3.8, 4) is 0 Å². The molecule has 17 heteroatoms. The van der Waals surface area contributed by atoms with E-state index in [1.807, 2.05) is 6.07 Å². The summed E-state index contributed by atoms with van der Waals surface area (Å²) in [4.78, 5) is 83.9. The zero-order valence-corrected chi connectivity index (χ0v) is 30.6. The number of aliphatic hydroxyl groups is 1. The number of nitrogens with one attached hydrogen (secondary N) is 3. The highest BCUT2D eigenvalue weighted by Gasteiger charge is 2.45. The second-order valence-corrected chi connectivity index (χ2v) is 14.7. The van der Waals surface area contributed by atoms with E-state index in [-0.39, 0.29) is 38.3 Å². The van der Waals surface area contributed by atoms with E-state index in [2.05, 4.69) is 31.2 Å². The van der Waals surface area contributed by atoms with Crippen LogP contribution in [0.15, 0.2) is 42.9 Å². The number of likely N-dealkylation sites (tertiary alicyclic amines) is 1. The minimum absolute atomic E-state index is 0.00747. The molecule has 3 aromatic rings. The van der Waals surface area contributed by atoms with E-state index < -0.39 is 65.3 Å². The van der Waals surface area contributed by atoms with Crippen LogP contribution in [0.5, 0.6) is 0 Å². The van der Waals surface area contributed by atoms with E-state index in [0.29, 0.717) is 24.1 Å². The molecule has 17 nitrogen and oxygen atoms in total. The molecule has 290 valence electrons. The lowest BCUT2D eigenvalue weighted by molar-refractivity contribution is -0.142. The largest absolute Gasteiger partial charge is 0.465 e. The van der Waals surface area contributed by atoms with Crippen molar-refractivity contribution in [1.29, 1.82) is 0 Å². The Morgan fingerprint density at radius 1 is 0.981 bits per heavy atom. The molecule has 1 unspecified atom stereocenters. The van der Waals surface area contributed by atoms with Gasteiger partial charge in [-0.2, -0.15) is 0 Å². The van der Waals surface area contributed by atoms with Crippen LogP contribution in [0.2, 0.25) is 0 Å². The summed E-state index contributed by atoms with van der Waals surface area (Å²) >= 11 is 0. The first-order chi connectivity index (χ1) is 25.7. The Hall–Kier alpha value is -5.45. The third-order valence-corrected chi connectivity index (χ3v) is 10.3. The summed E-state index contributed by atoms with van der Waals surface area (Å²) in [6.07, 6.45) is 9.34. The second kappa shape index (κ2) is 17.6. The van der Waals surface area contributed by atoms with E-state index >= 15 is 0 Å². The standard InChI is InChI=1S/C37H49N9O8/c1-37(2,54)30-20-41-44-46(30)26-18-29(34(50)42-27(31(47)32(38)48)10-6-7-14-40-36(52)53)45(21-26)35(51)28(16-22-8-4-3-5-9-22)43-33(49)24-12-11-23-13-15-39-19-25(23)17-24/h11-13,15,17,19-20,22,26-29,40,54H,3-10,14,16,18,21H2,1-2H3,(H2,38,48)(H,42,50)(H,43,49)(H,52,53)/t26-,27?,28+,29-/m0/s1. The van der Waals surface area contributed by atoms with E-state index in [1.165, 1.54) is 15.8 Å². The normalized spacial score (nSPS) is 18.8. The second-order valence-electron chi connectivity index (χ2n) is 14.7. The molecule has 0 radical (unpaired) electrons. The van der Waals surface area contributed by atoms with Gasteiger partial charge in [-0.3, -0.25) is 29.0 Å². The zero-order valence-electron chi connectivity index (χ0n) is 30.6. The van der Waals surface area contributed by atoms with E-state index in [4.69, 9.17) is 10.8 Å². The summed E-state index contributed by atoms with van der Waals surface area (Å²) in [6.45, 7) is 3.19. The number of aromatic nitrogens is 4. The van der Waals surface area contributed by atoms with Crippen LogP contribution in [0, 0.1) is 5.92 Å². The molecule has 4 atom stereocenters. The molecule has 7 N–H and O–H groups in total. The first-order valence-electron chi connectivity index (χ1n) is 18.4. The molecule has 54 heavy (non-hydrogen) atoms. The fraction of sp³-hybridized carbons (Fsp3) is 0.541. The average molecular weight is 748 g/mol. The van der Waals surface area contributed by atoms with Crippen molar-refractivity contribution in [2.45, 2.75) is 108 Å². The maximum atomic E-state index is 14.8. The summed E-state index contributed by atoms with van der Waals surface area (Å²) in [6, 6.07) is 2.90. The molecule has 1 aromatic carbocycles. The number of benzene rings is 1. The number of nitrogens with two attached hydrogens (primary N) is 1. The van der Waals surface area contributed by atoms with E-state index in [9.17, 15) is 33.9 Å². The predicted octanol–water partition coefficient (Wildman–Crippen LogP) is 1.94. The van der Waals surface area contributed by atoms with Crippen molar-refractivity contribution in [2.75, 3.05) is 13.1 Å². The Morgan fingerprint density at radius 2 is 1.74 bits per heavy atom. The van der Waals surface area contributed by atoms with Gasteiger partial charge in [0.2, 0.25) is 17.6 Å². The minimum Gasteiger partial charge on any atom is -0.465 e. The Labute approximate surface area is 312 Å². The smallest absolute Gasteiger partial charge is 0.404 e. The molecule has 1 aliphatic heterocycles. The number of hydrogen-bond donors (Lipinski definition) is 6. The number of nitrogens with zero attached hydrogens (tertiary/aromatic N) is 5. The van der Waals surface area contributed by atoms with Crippen LogP contribution >= 0.6 is 0 Å². The van der Waals surface area contributed by atoms with Crippen LogP contribution in [0.1, 0.15) is 100 Å². The van der Waals surface area contributed by atoms with Crippen LogP contribution in [-0.2, 0) is 24.8 Å². The number of primary amides is 1. The van der Waals surface area contributed by atoms with Crippen LogP contribution in [-0.4, -0.2) is 102 Å². The highest BCUT2D eigenvalue weighted by Crippen LogP contribution is 2.33. The first kappa shape index (κ1) is 39.8. The zero-order chi connectivity index (χ0) is 39.0. The Kier molecular flexibility index (Phi) is 12.9. The molecule has 1 aliphatic carbocycles. The fourth-order valence-electron chi connectivity index (χ4n) is 7.46. The van der Waals surface area contributed by atoms with Gasteiger partial charge in [0.1, 0.15) is 17.7 Å². The highest BCUT2D eigenvalue weighted by molar-refractivity contribution is 6.37. The number of Topliss-reactive ketones (excluding diaryl/α,β-unsaturated/α-hetero) is 1. The number of unbranched alkanes of at least 4 members (excludes halogenated alkanes) is 1. The molecular weight excluding hydrogens is 698 g/mol. The van der Waals surface area contributed by atoms with Crippen molar-refractivity contribution in [3.63, 3.8) is 0 Å². The Bertz CT molecular complexity index is 1850. The molecule has 2 aliphatic rings. The van der Waals surface area contributed by atoms with Crippen molar-refractivity contribution in [1.82, 2.24) is 40.8 Å². The molecule has 1 saturated heterocycles. The van der Waals surface area contributed by atoms with Crippen LogP contribution < -0.4 is 21.7 Å². The van der Waals surface area contributed by atoms with Gasteiger partial charge in [0.05, 0.1) is 24.0 Å². The molecule has 3 heterocycles. The molecular formula is C37H49N9O8. The van der Waals surface area contributed by atoms with Crippen molar-refractivity contribution in [3.05, 3.63) is 54.1 Å². The number of rotatable bonds is 16. The minimum atomic E-state index is -1.36. The van der Waals surface area contributed by atoms with E-state index in [1.54, 1.807) is 44.4 Å². The molecule has 5 rings (SSSR count). The van der Waals surface area contributed by atoms with Crippen molar-refractivity contribution < 1.29 is 39.0 Å². The van der Waals surface area contributed by atoms with E-state index in [0.717, 1.165) is 42.9 Å². The van der Waals surface area contributed by atoms with Gasteiger partial charge in [-0.25, -0.2) is 9.48 Å². The lowest BCUT2D eigenvalue weighted by Gasteiger charge is -2.32. The predicted molar refractivity (Wildman–Crippen MR) is 195 cm³/mol. The lowest BCUT2D eigenvalue weighted by atomic mass is 9.84. The van der Waals surface area contributed by atoms with Gasteiger partial charge >= 0.3 is 6.09 Å². The molecule has 5 amide bonds. The number of amides is 5. The average Bonchev–Trinajstić information content (AvgIpc) is 3.82. The molecule has 2 aromatic heterocycles. The number of carboxylic acid groups (broad SMARTS) is 1. The Morgan fingerprint density at radius 3 is 2.44 bits per heavy atom. The number of carbonyl (C=O) groups excluding carboxylic acids is 5. The number of fused-ring (bicyclic) bond motifs is 1. The van der Waals surface area contributed by atoms with Gasteiger partial charge < -0.3 is 36.8 Å². The van der Waals surface area contributed by atoms with Gasteiger partial charge in [-0.05, 0) is 69.0 Å². The Balaban J connectivity index is 1.44. The lowest BCUT2D eigenvalue weighted by Crippen LogP contribution is -2.56. The molecule has 1 saturated carbocycles. The molecule has 0 bridgehead atoms. The number of ketones is 1. The quantitative estimate of drug-likeness (QED) is 0.0912. The van der Waals surface area contributed by atoms with Crippen molar-refractivity contribution in [2.24, 2.45) is 11.7 Å². The van der Waals surface area contributed by atoms with Crippen LogP contribution in [0.4, 0.5) is 4.79 Å². The van der Waals surface area contributed by atoms with Gasteiger partial charge in [0.25, 0.3) is 11.8 Å². The number of carbonyl (C=O) groups is 6. The topological polar surface area (TPSA) is 252 Å². The summed E-state index contributed by atoms with van der Waals surface area (Å²) in [5.41, 5.74) is 4.67. The maximum absolute atomic E-state index is 14.8. The highest BCUT2D eigenvalue weighted by atomic mass is 16.4. The summed E-state index contributed by atoms with van der Waals surface area (Å²) in [7, 11) is 0. The van der Waals surface area contributed by atoms with Crippen LogP contribution in [0.3, 0.4) is 0 Å². The van der Waals surface area contributed by atoms with Gasteiger partial charge in [0.15, 0.2) is 0 Å². The SMILES string of the molecule is CC(C)(O)c1cnnn1[C@H]1C[C@@H](C(=O)NC(CCCCNC(=O)O)C(=O)C(N)=O)N(C(=O)[C@@H](CC2CCCCC2)NC(=O)c2ccc3ccncc3c2)C1. The van der Waals surface area contributed by atoms with Gasteiger partial charge in [0, 0.05) is 42.9 Å². The summed E-state index contributed by atoms with van der Waals surface area (Å²) in [5.74, 6) is -3.80. The van der Waals surface area contributed by atoms with Crippen LogP contribution in [0.25, 0.3) is 10.8 Å². The first-order valence-corrected chi connectivity index (χ1v) is 18.4. The summed E-state index contributed by atoms with van der Waals surface area (Å²) < 4.78 is 1.48. The third-order valence-electron chi connectivity index (χ3n) is 10.3. The summed E-state index contributed by atoms with van der Waals surface area (Å²) in [5, 5.41) is 37.4. The fourth-order valence-corrected chi connectivity index (χ4v) is 7.46. The number of hydrogen-bond acceptors (Lipinski definition) is 10. The third kappa shape index (κ3) is 9.94. The van der Waals surface area contributed by atoms with Gasteiger partial charge in [-0.1, -0.05) is 43.4 Å². The monoisotopic (exact) mass is 747 g/mol.